The summed E-state index contributed by atoms with van der Waals surface area (Å²) in [6, 6.07) is 0. The van der Waals surface area contributed by atoms with E-state index in [1.807, 2.05) is 0 Å². The van der Waals surface area contributed by atoms with Gasteiger partial charge in [-0.2, -0.15) is 0 Å². The second-order valence-electron chi connectivity index (χ2n) is 8.63. The molecule has 0 aliphatic carbocycles. The molecule has 0 rings (SSSR count). The Labute approximate surface area is 160 Å². The molecule has 152 valence electrons. The van der Waals surface area contributed by atoms with E-state index >= 15 is 0 Å². The zero-order valence-corrected chi connectivity index (χ0v) is 18.3. The molecule has 1 heteroatoms. The third-order valence-electron chi connectivity index (χ3n) is 6.40. The molecule has 0 aliphatic heterocycles. The van der Waals surface area contributed by atoms with Crippen LogP contribution < -0.4 is 5.73 Å². The van der Waals surface area contributed by atoms with E-state index in [4.69, 9.17) is 5.73 Å². The summed E-state index contributed by atoms with van der Waals surface area (Å²) in [4.78, 5) is 0. The van der Waals surface area contributed by atoms with Crippen LogP contribution in [0.25, 0.3) is 0 Å². The van der Waals surface area contributed by atoms with Gasteiger partial charge in [0.25, 0.3) is 0 Å². The lowest BCUT2D eigenvalue weighted by Crippen LogP contribution is -2.09. The highest BCUT2D eigenvalue weighted by Crippen LogP contribution is 2.28. The predicted octanol–water partition coefficient (Wildman–Crippen LogP) is 8.11. The summed E-state index contributed by atoms with van der Waals surface area (Å²) in [6.45, 7) is 10.4. The average molecular weight is 354 g/mol. The molecular formula is C24H51N. The molecule has 0 aromatic carbocycles. The van der Waals surface area contributed by atoms with Gasteiger partial charge in [-0.3, -0.25) is 0 Å². The van der Waals surface area contributed by atoms with Gasteiger partial charge in [0.15, 0.2) is 0 Å². The molecule has 0 aliphatic rings. The molecule has 0 fully saturated rings. The van der Waals surface area contributed by atoms with Crippen molar-refractivity contribution in [3.63, 3.8) is 0 Å². The average Bonchev–Trinajstić information content (AvgIpc) is 2.64. The number of unbranched alkanes of at least 4 members (excludes halogenated alkanes) is 8. The van der Waals surface area contributed by atoms with Crippen LogP contribution in [0.4, 0.5) is 0 Å². The van der Waals surface area contributed by atoms with E-state index in [0.717, 1.165) is 24.3 Å². The quantitative estimate of drug-likeness (QED) is 0.233. The summed E-state index contributed by atoms with van der Waals surface area (Å²) in [6.07, 6.45) is 22.6. The van der Waals surface area contributed by atoms with Crippen molar-refractivity contribution in [2.75, 3.05) is 6.54 Å². The highest BCUT2D eigenvalue weighted by molar-refractivity contribution is 4.67. The second-order valence-corrected chi connectivity index (χ2v) is 8.63. The van der Waals surface area contributed by atoms with Gasteiger partial charge in [-0.05, 0) is 37.1 Å². The van der Waals surface area contributed by atoms with Crippen LogP contribution in [-0.4, -0.2) is 6.54 Å². The van der Waals surface area contributed by atoms with Crippen molar-refractivity contribution in [2.45, 2.75) is 130 Å². The van der Waals surface area contributed by atoms with Crippen molar-refractivity contribution in [3.8, 4) is 0 Å². The number of nitrogens with two attached hydrogens (primary N) is 1. The fraction of sp³-hybridized carbons (Fsp3) is 1.00. The topological polar surface area (TPSA) is 26.0 Å². The molecule has 0 heterocycles. The first-order valence-corrected chi connectivity index (χ1v) is 11.9. The Kier molecular flexibility index (Phi) is 18.7. The van der Waals surface area contributed by atoms with Crippen LogP contribution in [0, 0.1) is 17.8 Å². The van der Waals surface area contributed by atoms with Gasteiger partial charge in [0.2, 0.25) is 0 Å². The first-order valence-electron chi connectivity index (χ1n) is 11.9. The van der Waals surface area contributed by atoms with Crippen LogP contribution in [0.3, 0.4) is 0 Å². The molecule has 0 saturated heterocycles. The molecule has 0 spiro atoms. The van der Waals surface area contributed by atoms with Crippen LogP contribution >= 0.6 is 0 Å². The Balaban J connectivity index is 3.65. The van der Waals surface area contributed by atoms with E-state index in [0.29, 0.717) is 0 Å². The molecule has 3 unspecified atom stereocenters. The number of rotatable bonds is 19. The minimum absolute atomic E-state index is 0.870. The van der Waals surface area contributed by atoms with E-state index in [9.17, 15) is 0 Å². The number of hydrogen-bond acceptors (Lipinski definition) is 1. The van der Waals surface area contributed by atoms with Crippen LogP contribution in [-0.2, 0) is 0 Å². The van der Waals surface area contributed by atoms with E-state index in [-0.39, 0.29) is 0 Å². The molecule has 3 atom stereocenters. The van der Waals surface area contributed by atoms with E-state index in [1.54, 1.807) is 0 Å². The lowest BCUT2D eigenvalue weighted by atomic mass is 9.83. The van der Waals surface area contributed by atoms with Gasteiger partial charge in [-0.15, -0.1) is 0 Å². The molecule has 0 aromatic heterocycles. The summed E-state index contributed by atoms with van der Waals surface area (Å²) >= 11 is 0. The highest BCUT2D eigenvalue weighted by Gasteiger charge is 2.14. The molecule has 0 amide bonds. The highest BCUT2D eigenvalue weighted by atomic mass is 14.5. The van der Waals surface area contributed by atoms with Crippen molar-refractivity contribution in [1.82, 2.24) is 0 Å². The maximum Gasteiger partial charge on any atom is -0.00773 e. The lowest BCUT2D eigenvalue weighted by molar-refractivity contribution is 0.295. The standard InChI is InChI=1S/C24H51N/c1-5-22(4)18-19-24(7-3)21-23(6-2)17-15-13-11-9-8-10-12-14-16-20-25/h22-24H,5-21,25H2,1-4H3. The van der Waals surface area contributed by atoms with Crippen LogP contribution in [0.5, 0.6) is 0 Å². The van der Waals surface area contributed by atoms with E-state index < -0.39 is 0 Å². The summed E-state index contributed by atoms with van der Waals surface area (Å²) in [5.74, 6) is 2.88. The van der Waals surface area contributed by atoms with Crippen molar-refractivity contribution >= 4 is 0 Å². The SMILES string of the molecule is CCC(C)CCC(CC)CC(CC)CCCCCCCCCCCN. The van der Waals surface area contributed by atoms with Crippen molar-refractivity contribution in [3.05, 3.63) is 0 Å². The molecule has 0 aromatic rings. The lowest BCUT2D eigenvalue weighted by Gasteiger charge is -2.23. The van der Waals surface area contributed by atoms with Crippen molar-refractivity contribution in [1.29, 1.82) is 0 Å². The molecule has 25 heavy (non-hydrogen) atoms. The maximum atomic E-state index is 5.54. The summed E-state index contributed by atoms with van der Waals surface area (Å²) in [5.41, 5.74) is 5.54. The Morgan fingerprint density at radius 3 is 1.52 bits per heavy atom. The Morgan fingerprint density at radius 1 is 0.560 bits per heavy atom. The first kappa shape index (κ1) is 25.0. The van der Waals surface area contributed by atoms with Crippen molar-refractivity contribution in [2.24, 2.45) is 23.5 Å². The smallest absolute Gasteiger partial charge is 0.00773 e. The molecule has 0 bridgehead atoms. The van der Waals surface area contributed by atoms with E-state index in [1.165, 1.54) is 103 Å². The molecule has 2 N–H and O–H groups in total. The first-order chi connectivity index (χ1) is 12.2. The van der Waals surface area contributed by atoms with Crippen molar-refractivity contribution < 1.29 is 0 Å². The molecular weight excluding hydrogens is 302 g/mol. The predicted molar refractivity (Wildman–Crippen MR) is 116 cm³/mol. The Bertz CT molecular complexity index is 250. The summed E-state index contributed by atoms with van der Waals surface area (Å²) in [7, 11) is 0. The van der Waals surface area contributed by atoms with Gasteiger partial charge < -0.3 is 5.73 Å². The fourth-order valence-corrected chi connectivity index (χ4v) is 3.99. The molecule has 1 nitrogen and oxygen atoms in total. The largest absolute Gasteiger partial charge is 0.330 e. The minimum Gasteiger partial charge on any atom is -0.330 e. The Hall–Kier alpha value is -0.0400. The third kappa shape index (κ3) is 15.9. The van der Waals surface area contributed by atoms with Gasteiger partial charge in [0.05, 0.1) is 0 Å². The maximum absolute atomic E-state index is 5.54. The van der Waals surface area contributed by atoms with Gasteiger partial charge in [-0.1, -0.05) is 118 Å². The van der Waals surface area contributed by atoms with Crippen LogP contribution in [0.15, 0.2) is 0 Å². The van der Waals surface area contributed by atoms with Gasteiger partial charge in [0, 0.05) is 0 Å². The van der Waals surface area contributed by atoms with E-state index in [2.05, 4.69) is 27.7 Å². The number of hydrogen-bond donors (Lipinski definition) is 1. The molecule has 0 saturated carbocycles. The summed E-state index contributed by atoms with van der Waals surface area (Å²) < 4.78 is 0. The normalized spacial score (nSPS) is 15.2. The second kappa shape index (κ2) is 18.7. The molecule has 0 radical (unpaired) electrons. The third-order valence-corrected chi connectivity index (χ3v) is 6.40. The van der Waals surface area contributed by atoms with Gasteiger partial charge >= 0.3 is 0 Å². The fourth-order valence-electron chi connectivity index (χ4n) is 3.99. The monoisotopic (exact) mass is 353 g/mol. The Morgan fingerprint density at radius 2 is 1.04 bits per heavy atom. The van der Waals surface area contributed by atoms with Gasteiger partial charge in [0.1, 0.15) is 0 Å². The summed E-state index contributed by atoms with van der Waals surface area (Å²) in [5, 5.41) is 0. The van der Waals surface area contributed by atoms with Crippen LogP contribution in [0.2, 0.25) is 0 Å². The van der Waals surface area contributed by atoms with Gasteiger partial charge in [-0.25, -0.2) is 0 Å². The minimum atomic E-state index is 0.870. The zero-order chi connectivity index (χ0) is 18.8. The van der Waals surface area contributed by atoms with Crippen LogP contribution in [0.1, 0.15) is 130 Å². The zero-order valence-electron chi connectivity index (χ0n) is 18.3.